The lowest BCUT2D eigenvalue weighted by Gasteiger charge is -2.08. The van der Waals surface area contributed by atoms with E-state index in [1.807, 2.05) is 12.1 Å². The predicted molar refractivity (Wildman–Crippen MR) is 122 cm³/mol. The quantitative estimate of drug-likeness (QED) is 0.358. The molecule has 3 aromatic rings. The van der Waals surface area contributed by atoms with Crippen LogP contribution in [-0.4, -0.2) is 37.3 Å². The van der Waals surface area contributed by atoms with Crippen molar-refractivity contribution in [2.24, 2.45) is 0 Å². The number of ether oxygens (including phenoxy) is 1. The normalized spacial score (nSPS) is 11.8. The molecule has 162 valence electrons. The van der Waals surface area contributed by atoms with Crippen LogP contribution in [0.25, 0.3) is 6.08 Å². The van der Waals surface area contributed by atoms with Gasteiger partial charge < -0.3 is 4.74 Å². The van der Waals surface area contributed by atoms with Gasteiger partial charge in [-0.3, -0.25) is 4.79 Å². The first-order valence-corrected chi connectivity index (χ1v) is 11.8. The van der Waals surface area contributed by atoms with Crippen molar-refractivity contribution in [2.45, 2.75) is 18.4 Å². The molecule has 2 aromatic carbocycles. The molecular weight excluding hydrogens is 459 g/mol. The van der Waals surface area contributed by atoms with Crippen LogP contribution in [0, 0.1) is 6.92 Å². The average molecular weight is 479 g/mol. The monoisotopic (exact) mass is 478 g/mol. The van der Waals surface area contributed by atoms with Crippen molar-refractivity contribution < 1.29 is 17.9 Å². The fourth-order valence-electron chi connectivity index (χ4n) is 3.01. The first-order chi connectivity index (χ1) is 14.6. The van der Waals surface area contributed by atoms with Crippen molar-refractivity contribution in [2.75, 3.05) is 13.4 Å². The number of methoxy groups -OCH3 is 1. The highest BCUT2D eigenvalue weighted by molar-refractivity contribution is 7.90. The molecule has 1 aromatic heterocycles. The van der Waals surface area contributed by atoms with Gasteiger partial charge in [0.2, 0.25) is 0 Å². The molecule has 0 aliphatic heterocycles. The Balaban J connectivity index is 1.84. The SMILES string of the molecule is COc1cc(C(=O)/C=C/c2c(C)nn(Cc3ccc(Cl)cc3)c2Cl)ccc1S(C)(=O)=O. The molecule has 1 heterocycles. The van der Waals surface area contributed by atoms with Gasteiger partial charge in [0.25, 0.3) is 0 Å². The van der Waals surface area contributed by atoms with Gasteiger partial charge in [-0.05, 0) is 55.0 Å². The predicted octanol–water partition coefficient (Wildman–Crippen LogP) is 4.85. The zero-order chi connectivity index (χ0) is 22.8. The Morgan fingerprint density at radius 1 is 1.16 bits per heavy atom. The lowest BCUT2D eigenvalue weighted by atomic mass is 10.1. The third-order valence-corrected chi connectivity index (χ3v) is 6.39. The summed E-state index contributed by atoms with van der Waals surface area (Å²) in [6, 6.07) is 11.6. The Labute approximate surface area is 191 Å². The van der Waals surface area contributed by atoms with Crippen LogP contribution in [0.4, 0.5) is 0 Å². The molecule has 0 saturated carbocycles. The summed E-state index contributed by atoms with van der Waals surface area (Å²) in [6.07, 6.45) is 4.05. The van der Waals surface area contributed by atoms with Gasteiger partial charge in [0, 0.05) is 22.4 Å². The maximum atomic E-state index is 12.6. The Hall–Kier alpha value is -2.61. The number of allylic oxidation sites excluding steroid dienone is 1. The minimum Gasteiger partial charge on any atom is -0.495 e. The molecule has 0 bridgehead atoms. The van der Waals surface area contributed by atoms with Crippen LogP contribution in [0.2, 0.25) is 10.2 Å². The van der Waals surface area contributed by atoms with Crippen LogP contribution in [0.15, 0.2) is 53.4 Å². The number of nitrogens with zero attached hydrogens (tertiary/aromatic N) is 2. The van der Waals surface area contributed by atoms with E-state index in [9.17, 15) is 13.2 Å². The van der Waals surface area contributed by atoms with Gasteiger partial charge in [-0.15, -0.1) is 0 Å². The van der Waals surface area contributed by atoms with Gasteiger partial charge >= 0.3 is 0 Å². The summed E-state index contributed by atoms with van der Waals surface area (Å²) in [6.45, 7) is 2.26. The summed E-state index contributed by atoms with van der Waals surface area (Å²) in [5.41, 5.74) is 2.58. The highest BCUT2D eigenvalue weighted by Gasteiger charge is 2.17. The van der Waals surface area contributed by atoms with Crippen LogP contribution in [0.5, 0.6) is 5.75 Å². The van der Waals surface area contributed by atoms with Crippen molar-refractivity contribution in [3.63, 3.8) is 0 Å². The standard InChI is InChI=1S/C22H20Cl2N2O4S/c1-14-18(22(24)26(25-14)13-15-4-7-17(23)8-5-15)9-10-19(27)16-6-11-21(31(3,28)29)20(12-16)30-2/h4-12H,13H2,1-3H3/b10-9+. The molecule has 0 amide bonds. The Kier molecular flexibility index (Phi) is 6.89. The number of aryl methyl sites for hydroxylation is 1. The Morgan fingerprint density at radius 2 is 1.84 bits per heavy atom. The average Bonchev–Trinajstić information content (AvgIpc) is 2.99. The molecule has 0 aliphatic rings. The summed E-state index contributed by atoms with van der Waals surface area (Å²) >= 11 is 12.4. The third kappa shape index (κ3) is 5.36. The van der Waals surface area contributed by atoms with Gasteiger partial charge in [0.15, 0.2) is 15.6 Å². The maximum Gasteiger partial charge on any atom is 0.185 e. The molecule has 9 heteroatoms. The second-order valence-corrected chi connectivity index (χ2v) is 9.69. The summed E-state index contributed by atoms with van der Waals surface area (Å²) in [7, 11) is -2.12. The number of sulfone groups is 1. The van der Waals surface area contributed by atoms with Gasteiger partial charge in [-0.2, -0.15) is 5.10 Å². The lowest BCUT2D eigenvalue weighted by molar-refractivity contribution is 0.104. The molecule has 31 heavy (non-hydrogen) atoms. The zero-order valence-electron chi connectivity index (χ0n) is 17.1. The molecule has 0 spiro atoms. The highest BCUT2D eigenvalue weighted by atomic mass is 35.5. The van der Waals surface area contributed by atoms with E-state index in [2.05, 4.69) is 5.10 Å². The van der Waals surface area contributed by atoms with Gasteiger partial charge in [-0.1, -0.05) is 35.3 Å². The second-order valence-electron chi connectivity index (χ2n) is 6.91. The van der Waals surface area contributed by atoms with Crippen LogP contribution in [0.1, 0.15) is 27.2 Å². The number of halogens is 2. The minimum atomic E-state index is -3.47. The number of hydrogen-bond donors (Lipinski definition) is 0. The fraction of sp³-hybridized carbons (Fsp3) is 0.182. The van der Waals surface area contributed by atoms with E-state index in [-0.39, 0.29) is 16.4 Å². The molecule has 0 saturated heterocycles. The van der Waals surface area contributed by atoms with E-state index in [4.69, 9.17) is 27.9 Å². The van der Waals surface area contributed by atoms with Crippen molar-refractivity contribution in [3.8, 4) is 5.75 Å². The van der Waals surface area contributed by atoms with Crippen LogP contribution < -0.4 is 4.74 Å². The molecule has 0 N–H and O–H groups in total. The minimum absolute atomic E-state index is 0.0258. The summed E-state index contributed by atoms with van der Waals surface area (Å²) in [4.78, 5) is 12.7. The molecule has 0 fully saturated rings. The molecule has 0 unspecified atom stereocenters. The van der Waals surface area contributed by atoms with E-state index in [1.54, 1.807) is 29.8 Å². The lowest BCUT2D eigenvalue weighted by Crippen LogP contribution is -2.03. The Bertz CT molecular complexity index is 1260. The summed E-state index contributed by atoms with van der Waals surface area (Å²) in [5, 5.41) is 5.50. The number of ketones is 1. The second kappa shape index (κ2) is 9.26. The molecule has 0 aliphatic carbocycles. The van der Waals surface area contributed by atoms with Crippen molar-refractivity contribution in [1.29, 1.82) is 0 Å². The number of aromatic nitrogens is 2. The Morgan fingerprint density at radius 3 is 2.45 bits per heavy atom. The van der Waals surface area contributed by atoms with Crippen molar-refractivity contribution >= 4 is 44.9 Å². The van der Waals surface area contributed by atoms with Gasteiger partial charge in [0.1, 0.15) is 15.8 Å². The van der Waals surface area contributed by atoms with Crippen LogP contribution in [0.3, 0.4) is 0 Å². The van der Waals surface area contributed by atoms with E-state index >= 15 is 0 Å². The fourth-order valence-corrected chi connectivity index (χ4v) is 4.25. The van der Waals surface area contributed by atoms with Gasteiger partial charge in [-0.25, -0.2) is 13.1 Å². The summed E-state index contributed by atoms with van der Waals surface area (Å²) < 4.78 is 30.4. The molecular formula is C22H20Cl2N2O4S. The van der Waals surface area contributed by atoms with Crippen LogP contribution in [-0.2, 0) is 16.4 Å². The topological polar surface area (TPSA) is 78.3 Å². The van der Waals surface area contributed by atoms with E-state index in [0.717, 1.165) is 11.8 Å². The number of rotatable bonds is 7. The van der Waals surface area contributed by atoms with Crippen LogP contribution >= 0.6 is 23.2 Å². The molecule has 3 rings (SSSR count). The zero-order valence-corrected chi connectivity index (χ0v) is 19.4. The van der Waals surface area contributed by atoms with Crippen molar-refractivity contribution in [3.05, 3.63) is 81.1 Å². The molecule has 0 atom stereocenters. The summed E-state index contributed by atoms with van der Waals surface area (Å²) in [5.74, 6) is -0.203. The molecule has 6 nitrogen and oxygen atoms in total. The largest absolute Gasteiger partial charge is 0.495 e. The van der Waals surface area contributed by atoms with E-state index in [0.29, 0.717) is 33.5 Å². The third-order valence-electron chi connectivity index (χ3n) is 4.60. The number of benzene rings is 2. The van der Waals surface area contributed by atoms with Crippen molar-refractivity contribution in [1.82, 2.24) is 9.78 Å². The highest BCUT2D eigenvalue weighted by Crippen LogP contribution is 2.26. The first-order valence-electron chi connectivity index (χ1n) is 9.18. The number of carbonyl (C=O) groups is 1. The smallest absolute Gasteiger partial charge is 0.185 e. The van der Waals surface area contributed by atoms with E-state index < -0.39 is 9.84 Å². The maximum absolute atomic E-state index is 12.6. The van der Waals surface area contributed by atoms with Gasteiger partial charge in [0.05, 0.1) is 19.3 Å². The number of carbonyl (C=O) groups excluding carboxylic acids is 1. The van der Waals surface area contributed by atoms with E-state index in [1.165, 1.54) is 31.4 Å². The number of hydrogen-bond acceptors (Lipinski definition) is 5. The first kappa shape index (κ1) is 23.1. The molecule has 0 radical (unpaired) electrons.